The van der Waals surface area contributed by atoms with Gasteiger partial charge in [-0.3, -0.25) is 4.79 Å². The van der Waals surface area contributed by atoms with Crippen LogP contribution in [0.4, 0.5) is 5.69 Å². The van der Waals surface area contributed by atoms with Crippen molar-refractivity contribution in [2.24, 2.45) is 0 Å². The van der Waals surface area contributed by atoms with Crippen LogP contribution in [0.3, 0.4) is 0 Å². The molecule has 4 heteroatoms. The molecule has 2 rings (SSSR count). The van der Waals surface area contributed by atoms with E-state index >= 15 is 0 Å². The summed E-state index contributed by atoms with van der Waals surface area (Å²) in [5.41, 5.74) is 9.87. The normalized spacial score (nSPS) is 10.4. The zero-order chi connectivity index (χ0) is 15.4. The van der Waals surface area contributed by atoms with Crippen molar-refractivity contribution < 1.29 is 4.79 Å². The number of rotatable bonds is 4. The molecular weight excluding hydrogens is 280 g/mol. The highest BCUT2D eigenvalue weighted by molar-refractivity contribution is 7.98. The Morgan fingerprint density at radius 1 is 1.19 bits per heavy atom. The Morgan fingerprint density at radius 3 is 2.57 bits per heavy atom. The fraction of sp³-hybridized carbons (Fsp3) is 0.235. The predicted octanol–water partition coefficient (Wildman–Crippen LogP) is 3.57. The van der Waals surface area contributed by atoms with Crippen LogP contribution >= 0.6 is 11.8 Å². The van der Waals surface area contributed by atoms with Crippen LogP contribution < -0.4 is 5.73 Å². The minimum absolute atomic E-state index is 0.0306. The van der Waals surface area contributed by atoms with Crippen LogP contribution in [0.5, 0.6) is 0 Å². The summed E-state index contributed by atoms with van der Waals surface area (Å²) in [5.74, 6) is 0.837. The van der Waals surface area contributed by atoms with Gasteiger partial charge < -0.3 is 10.6 Å². The van der Waals surface area contributed by atoms with Gasteiger partial charge in [0, 0.05) is 36.0 Å². The molecule has 2 aromatic carbocycles. The lowest BCUT2D eigenvalue weighted by atomic mass is 10.2. The smallest absolute Gasteiger partial charge is 0.253 e. The quantitative estimate of drug-likeness (QED) is 0.693. The standard InChI is InChI=1S/C17H20N2OS/c1-12-5-4-6-13(9-12)11-21-16-8-7-14(10-15(16)18)17(20)19(2)3/h4-10H,11,18H2,1-3H3. The first-order chi connectivity index (χ1) is 9.97. The van der Waals surface area contributed by atoms with Gasteiger partial charge in [-0.25, -0.2) is 0 Å². The maximum absolute atomic E-state index is 11.9. The molecule has 0 heterocycles. The number of hydrogen-bond donors (Lipinski definition) is 1. The number of aryl methyl sites for hydroxylation is 1. The molecule has 2 aromatic rings. The predicted molar refractivity (Wildman–Crippen MR) is 89.6 cm³/mol. The first kappa shape index (κ1) is 15.4. The molecule has 21 heavy (non-hydrogen) atoms. The third-order valence-corrected chi connectivity index (χ3v) is 4.30. The molecule has 0 bridgehead atoms. The molecule has 0 radical (unpaired) electrons. The van der Waals surface area contributed by atoms with Crippen molar-refractivity contribution in [3.8, 4) is 0 Å². The van der Waals surface area contributed by atoms with Crippen LogP contribution in [0.2, 0.25) is 0 Å². The van der Waals surface area contributed by atoms with E-state index in [9.17, 15) is 4.79 Å². The van der Waals surface area contributed by atoms with Crippen molar-refractivity contribution in [1.29, 1.82) is 0 Å². The second kappa shape index (κ2) is 6.68. The van der Waals surface area contributed by atoms with Gasteiger partial charge in [0.05, 0.1) is 0 Å². The summed E-state index contributed by atoms with van der Waals surface area (Å²) in [7, 11) is 3.47. The Bertz CT molecular complexity index is 653. The first-order valence-corrected chi connectivity index (χ1v) is 7.75. The van der Waals surface area contributed by atoms with Crippen molar-refractivity contribution >= 4 is 23.4 Å². The lowest BCUT2D eigenvalue weighted by Crippen LogP contribution is -2.21. The fourth-order valence-corrected chi connectivity index (χ4v) is 2.93. The second-order valence-corrected chi connectivity index (χ2v) is 6.25. The summed E-state index contributed by atoms with van der Waals surface area (Å²) in [6.07, 6.45) is 0. The highest BCUT2D eigenvalue weighted by Crippen LogP contribution is 2.29. The molecule has 0 spiro atoms. The summed E-state index contributed by atoms with van der Waals surface area (Å²) in [6.45, 7) is 2.09. The van der Waals surface area contributed by atoms with Gasteiger partial charge in [-0.05, 0) is 30.7 Å². The molecule has 0 aliphatic heterocycles. The molecule has 3 nitrogen and oxygen atoms in total. The van der Waals surface area contributed by atoms with E-state index in [1.807, 2.05) is 12.1 Å². The summed E-state index contributed by atoms with van der Waals surface area (Å²) in [5, 5.41) is 0. The SMILES string of the molecule is Cc1cccc(CSc2ccc(C(=O)N(C)C)cc2N)c1. The minimum Gasteiger partial charge on any atom is -0.398 e. The Kier molecular flexibility index (Phi) is 4.91. The second-order valence-electron chi connectivity index (χ2n) is 5.23. The van der Waals surface area contributed by atoms with E-state index in [1.54, 1.807) is 36.8 Å². The number of carbonyl (C=O) groups excluding carboxylic acids is 1. The van der Waals surface area contributed by atoms with Gasteiger partial charge in [0.1, 0.15) is 0 Å². The molecular formula is C17H20N2OS. The number of carbonyl (C=O) groups is 1. The van der Waals surface area contributed by atoms with Crippen LogP contribution in [0.1, 0.15) is 21.5 Å². The van der Waals surface area contributed by atoms with Crippen molar-refractivity contribution in [2.75, 3.05) is 19.8 Å². The maximum Gasteiger partial charge on any atom is 0.253 e. The van der Waals surface area contributed by atoms with Gasteiger partial charge in [0.2, 0.25) is 0 Å². The number of thioether (sulfide) groups is 1. The molecule has 2 N–H and O–H groups in total. The Balaban J connectivity index is 2.09. The lowest BCUT2D eigenvalue weighted by molar-refractivity contribution is 0.0827. The summed E-state index contributed by atoms with van der Waals surface area (Å²) in [4.78, 5) is 14.4. The number of anilines is 1. The molecule has 0 aromatic heterocycles. The van der Waals surface area contributed by atoms with E-state index in [1.165, 1.54) is 11.1 Å². The number of benzene rings is 2. The number of nitrogens with two attached hydrogens (primary N) is 1. The van der Waals surface area contributed by atoms with E-state index in [0.717, 1.165) is 10.6 Å². The molecule has 0 aliphatic carbocycles. The summed E-state index contributed by atoms with van der Waals surface area (Å²) in [6, 6.07) is 13.9. The van der Waals surface area contributed by atoms with Gasteiger partial charge >= 0.3 is 0 Å². The largest absolute Gasteiger partial charge is 0.398 e. The monoisotopic (exact) mass is 300 g/mol. The van der Waals surface area contributed by atoms with Crippen LogP contribution in [-0.2, 0) is 5.75 Å². The highest BCUT2D eigenvalue weighted by atomic mass is 32.2. The minimum atomic E-state index is -0.0306. The third-order valence-electron chi connectivity index (χ3n) is 3.14. The molecule has 0 saturated carbocycles. The van der Waals surface area contributed by atoms with E-state index in [4.69, 9.17) is 5.73 Å². The number of amides is 1. The average Bonchev–Trinajstić information content (AvgIpc) is 2.45. The molecule has 110 valence electrons. The molecule has 0 atom stereocenters. The molecule has 0 saturated heterocycles. The van der Waals surface area contributed by atoms with E-state index in [0.29, 0.717) is 11.3 Å². The van der Waals surface area contributed by atoms with Gasteiger partial charge in [-0.2, -0.15) is 0 Å². The topological polar surface area (TPSA) is 46.3 Å². The van der Waals surface area contributed by atoms with E-state index in [-0.39, 0.29) is 5.91 Å². The van der Waals surface area contributed by atoms with Crippen LogP contribution in [0, 0.1) is 6.92 Å². The molecule has 0 aliphatic rings. The maximum atomic E-state index is 11.9. The molecule has 0 fully saturated rings. The van der Waals surface area contributed by atoms with Gasteiger partial charge in [0.15, 0.2) is 0 Å². The van der Waals surface area contributed by atoms with Crippen molar-refractivity contribution in [3.05, 3.63) is 59.2 Å². The average molecular weight is 300 g/mol. The van der Waals surface area contributed by atoms with Gasteiger partial charge in [0.25, 0.3) is 5.91 Å². The Hall–Kier alpha value is -1.94. The van der Waals surface area contributed by atoms with Crippen molar-refractivity contribution in [3.63, 3.8) is 0 Å². The fourth-order valence-electron chi connectivity index (χ4n) is 2.03. The van der Waals surface area contributed by atoms with Gasteiger partial charge in [-0.1, -0.05) is 29.8 Å². The third kappa shape index (κ3) is 4.02. The van der Waals surface area contributed by atoms with Crippen LogP contribution in [0.15, 0.2) is 47.4 Å². The first-order valence-electron chi connectivity index (χ1n) is 6.77. The summed E-state index contributed by atoms with van der Waals surface area (Å²) >= 11 is 1.69. The zero-order valence-electron chi connectivity index (χ0n) is 12.6. The number of nitrogen functional groups attached to an aromatic ring is 1. The number of nitrogens with zero attached hydrogens (tertiary/aromatic N) is 1. The summed E-state index contributed by atoms with van der Waals surface area (Å²) < 4.78 is 0. The Morgan fingerprint density at radius 2 is 1.95 bits per heavy atom. The van der Waals surface area contributed by atoms with E-state index < -0.39 is 0 Å². The molecule has 0 unspecified atom stereocenters. The Labute approximate surface area is 130 Å². The van der Waals surface area contributed by atoms with Crippen molar-refractivity contribution in [1.82, 2.24) is 4.90 Å². The van der Waals surface area contributed by atoms with Crippen LogP contribution in [-0.4, -0.2) is 24.9 Å². The van der Waals surface area contributed by atoms with Crippen molar-refractivity contribution in [2.45, 2.75) is 17.6 Å². The van der Waals surface area contributed by atoms with Crippen LogP contribution in [0.25, 0.3) is 0 Å². The number of hydrogen-bond acceptors (Lipinski definition) is 3. The van der Waals surface area contributed by atoms with E-state index in [2.05, 4.69) is 31.2 Å². The zero-order valence-corrected chi connectivity index (χ0v) is 13.4. The molecule has 1 amide bonds. The highest BCUT2D eigenvalue weighted by Gasteiger charge is 2.10. The lowest BCUT2D eigenvalue weighted by Gasteiger charge is -2.12. The van der Waals surface area contributed by atoms with Gasteiger partial charge in [-0.15, -0.1) is 11.8 Å².